The summed E-state index contributed by atoms with van der Waals surface area (Å²) in [5, 5.41) is 0. The number of benzene rings is 2. The number of ether oxygens (including phenoxy) is 4. The minimum Gasteiger partial charge on any atom is -0.492 e. The Morgan fingerprint density at radius 3 is 2.35 bits per heavy atom. The average Bonchev–Trinajstić information content (AvgIpc) is 3.24. The maximum atomic E-state index is 11.8. The zero-order valence-electron chi connectivity index (χ0n) is 20.1. The Bertz CT molecular complexity index is 1100. The van der Waals surface area contributed by atoms with Crippen molar-refractivity contribution in [2.75, 3.05) is 33.2 Å². The van der Waals surface area contributed by atoms with Crippen LogP contribution in [0.3, 0.4) is 0 Å². The molecular weight excluding hydrogens is 450 g/mol. The highest BCUT2D eigenvalue weighted by molar-refractivity contribution is 7.98. The summed E-state index contributed by atoms with van der Waals surface area (Å²) in [5.41, 5.74) is 4.69. The van der Waals surface area contributed by atoms with Gasteiger partial charge in [0, 0.05) is 29.1 Å². The third-order valence-corrected chi connectivity index (χ3v) is 6.94. The molecule has 0 spiro atoms. The molecule has 1 saturated heterocycles. The van der Waals surface area contributed by atoms with Crippen molar-refractivity contribution in [2.24, 2.45) is 0 Å². The molecule has 1 aromatic heterocycles. The summed E-state index contributed by atoms with van der Waals surface area (Å²) in [6, 6.07) is 20.9. The summed E-state index contributed by atoms with van der Waals surface area (Å²) in [4.78, 5) is 13.1. The Kier molecular flexibility index (Phi) is 7.66. The van der Waals surface area contributed by atoms with Gasteiger partial charge in [0.15, 0.2) is 0 Å². The van der Waals surface area contributed by atoms with Gasteiger partial charge in [-0.3, -0.25) is 0 Å². The van der Waals surface area contributed by atoms with E-state index in [9.17, 15) is 4.79 Å². The number of hydrogen-bond acceptors (Lipinski definition) is 6. The number of aromatic nitrogens is 1. The second-order valence-electron chi connectivity index (χ2n) is 8.41. The van der Waals surface area contributed by atoms with E-state index >= 15 is 0 Å². The van der Waals surface area contributed by atoms with Crippen LogP contribution >= 0.6 is 11.8 Å². The van der Waals surface area contributed by atoms with Crippen molar-refractivity contribution < 1.29 is 23.7 Å². The lowest BCUT2D eigenvalue weighted by Gasteiger charge is -2.35. The molecule has 0 unspecified atom stereocenters. The van der Waals surface area contributed by atoms with Gasteiger partial charge >= 0.3 is 5.97 Å². The molecular formula is C27H31NO5S. The highest BCUT2D eigenvalue weighted by Crippen LogP contribution is 2.30. The van der Waals surface area contributed by atoms with Gasteiger partial charge in [-0.1, -0.05) is 24.3 Å². The standard InChI is InChI=1S/C27H31NO5S/c1-19-5-14-25(21-8-12-24(34-4)13-9-21)28(19)15-16-31-23-10-6-20(7-11-23)22-17-32-27(2,33-18-22)26(29)30-3/h5-14,22H,15-18H2,1-4H3/t22-,27+. The summed E-state index contributed by atoms with van der Waals surface area (Å²) in [5.74, 6) is -0.987. The molecule has 0 amide bonds. The Hall–Kier alpha value is -2.74. The maximum absolute atomic E-state index is 11.8. The van der Waals surface area contributed by atoms with Crippen molar-refractivity contribution in [1.82, 2.24) is 4.57 Å². The summed E-state index contributed by atoms with van der Waals surface area (Å²) < 4.78 is 24.4. The molecule has 0 N–H and O–H groups in total. The Morgan fingerprint density at radius 2 is 1.74 bits per heavy atom. The van der Waals surface area contributed by atoms with Gasteiger partial charge in [-0.05, 0) is 60.7 Å². The van der Waals surface area contributed by atoms with Crippen LogP contribution in [0.15, 0.2) is 65.6 Å². The molecule has 2 aromatic carbocycles. The number of hydrogen-bond donors (Lipinski definition) is 0. The third kappa shape index (κ3) is 5.32. The third-order valence-electron chi connectivity index (χ3n) is 6.20. The molecule has 0 radical (unpaired) electrons. The number of rotatable bonds is 8. The smallest absolute Gasteiger partial charge is 0.366 e. The summed E-state index contributed by atoms with van der Waals surface area (Å²) in [6.07, 6.45) is 2.09. The van der Waals surface area contributed by atoms with Crippen LogP contribution in [0.5, 0.6) is 5.75 Å². The molecule has 2 heterocycles. The zero-order valence-corrected chi connectivity index (χ0v) is 20.9. The SMILES string of the molecule is COC(=O)[C@]1(C)OC[C@H](c2ccc(OCCn3c(C)ccc3-c3ccc(SC)cc3)cc2)CO1. The molecule has 0 bridgehead atoms. The summed E-state index contributed by atoms with van der Waals surface area (Å²) in [6.45, 7) is 5.81. The first-order valence-electron chi connectivity index (χ1n) is 11.3. The number of esters is 1. The molecule has 1 aliphatic rings. The van der Waals surface area contributed by atoms with Gasteiger partial charge in [0.05, 0.1) is 26.9 Å². The van der Waals surface area contributed by atoms with Crippen LogP contribution in [0.1, 0.15) is 24.1 Å². The van der Waals surface area contributed by atoms with E-state index in [0.717, 1.165) is 17.9 Å². The predicted molar refractivity (Wildman–Crippen MR) is 133 cm³/mol. The minimum absolute atomic E-state index is 0.0503. The van der Waals surface area contributed by atoms with E-state index < -0.39 is 11.8 Å². The van der Waals surface area contributed by atoms with Crippen molar-refractivity contribution in [3.63, 3.8) is 0 Å². The first kappa shape index (κ1) is 24.4. The van der Waals surface area contributed by atoms with E-state index in [4.69, 9.17) is 18.9 Å². The van der Waals surface area contributed by atoms with Gasteiger partial charge in [-0.25, -0.2) is 4.79 Å². The number of methoxy groups -OCH3 is 1. The summed E-state index contributed by atoms with van der Waals surface area (Å²) >= 11 is 1.75. The lowest BCUT2D eigenvalue weighted by atomic mass is 9.99. The van der Waals surface area contributed by atoms with Crippen LogP contribution < -0.4 is 4.74 Å². The zero-order chi connectivity index (χ0) is 24.1. The molecule has 3 aromatic rings. The minimum atomic E-state index is -1.33. The molecule has 7 heteroatoms. The first-order chi connectivity index (χ1) is 16.4. The quantitative estimate of drug-likeness (QED) is 0.322. The molecule has 34 heavy (non-hydrogen) atoms. The number of aryl methyl sites for hydroxylation is 1. The van der Waals surface area contributed by atoms with Gasteiger partial charge in [0.2, 0.25) is 0 Å². The number of nitrogens with zero attached hydrogens (tertiary/aromatic N) is 1. The summed E-state index contributed by atoms with van der Waals surface area (Å²) in [7, 11) is 1.33. The van der Waals surface area contributed by atoms with Crippen molar-refractivity contribution in [1.29, 1.82) is 0 Å². The molecule has 1 fully saturated rings. The number of thioether (sulfide) groups is 1. The molecule has 4 rings (SSSR count). The largest absolute Gasteiger partial charge is 0.492 e. The second kappa shape index (κ2) is 10.7. The van der Waals surface area contributed by atoms with Crippen LogP contribution in [0.2, 0.25) is 0 Å². The van der Waals surface area contributed by atoms with Crippen molar-refractivity contribution in [3.8, 4) is 17.0 Å². The van der Waals surface area contributed by atoms with E-state index in [1.54, 1.807) is 18.7 Å². The van der Waals surface area contributed by atoms with Crippen molar-refractivity contribution in [2.45, 2.75) is 37.0 Å². The Labute approximate surface area is 205 Å². The van der Waals surface area contributed by atoms with Crippen molar-refractivity contribution in [3.05, 3.63) is 71.9 Å². The fourth-order valence-electron chi connectivity index (χ4n) is 4.08. The maximum Gasteiger partial charge on any atom is 0.366 e. The van der Waals surface area contributed by atoms with E-state index in [-0.39, 0.29) is 5.92 Å². The van der Waals surface area contributed by atoms with E-state index in [1.807, 2.05) is 24.3 Å². The molecule has 0 aliphatic carbocycles. The van der Waals surface area contributed by atoms with Crippen LogP contribution in [-0.4, -0.2) is 49.5 Å². The molecule has 180 valence electrons. The molecule has 0 saturated carbocycles. The first-order valence-corrected chi connectivity index (χ1v) is 12.6. The topological polar surface area (TPSA) is 58.9 Å². The number of carbonyl (C=O) groups excluding carboxylic acids is 1. The van der Waals surface area contributed by atoms with Crippen LogP contribution in [0.25, 0.3) is 11.3 Å². The predicted octanol–water partition coefficient (Wildman–Crippen LogP) is 5.28. The lowest BCUT2D eigenvalue weighted by molar-refractivity contribution is -0.264. The monoisotopic (exact) mass is 481 g/mol. The molecule has 1 aliphatic heterocycles. The Morgan fingerprint density at radius 1 is 1.06 bits per heavy atom. The van der Waals surface area contributed by atoms with Gasteiger partial charge < -0.3 is 23.5 Å². The average molecular weight is 482 g/mol. The highest BCUT2D eigenvalue weighted by Gasteiger charge is 2.41. The van der Waals surface area contributed by atoms with Crippen molar-refractivity contribution >= 4 is 17.7 Å². The van der Waals surface area contributed by atoms with Crippen LogP contribution in [0.4, 0.5) is 0 Å². The fourth-order valence-corrected chi connectivity index (χ4v) is 4.48. The van der Waals surface area contributed by atoms with E-state index in [0.29, 0.717) is 19.8 Å². The Balaban J connectivity index is 1.33. The molecule has 0 atom stereocenters. The second-order valence-corrected chi connectivity index (χ2v) is 9.29. The fraction of sp³-hybridized carbons (Fsp3) is 0.370. The van der Waals surface area contributed by atoms with Gasteiger partial charge in [-0.15, -0.1) is 11.8 Å². The van der Waals surface area contributed by atoms with Gasteiger partial charge in [-0.2, -0.15) is 0 Å². The van der Waals surface area contributed by atoms with Crippen LogP contribution in [0, 0.1) is 6.92 Å². The highest BCUT2D eigenvalue weighted by atomic mass is 32.2. The van der Waals surface area contributed by atoms with Gasteiger partial charge in [0.25, 0.3) is 5.79 Å². The van der Waals surface area contributed by atoms with Gasteiger partial charge in [0.1, 0.15) is 12.4 Å². The van der Waals surface area contributed by atoms with E-state index in [2.05, 4.69) is 54.1 Å². The number of carbonyl (C=O) groups is 1. The van der Waals surface area contributed by atoms with E-state index in [1.165, 1.54) is 29.0 Å². The normalized spacial score (nSPS) is 20.2. The van der Waals surface area contributed by atoms with Crippen LogP contribution in [-0.2, 0) is 25.5 Å². The molecule has 6 nitrogen and oxygen atoms in total. The lowest BCUT2D eigenvalue weighted by Crippen LogP contribution is -2.47.